The fourth-order valence-corrected chi connectivity index (χ4v) is 2.23. The number of aryl methyl sites for hydroxylation is 1. The Hall–Kier alpha value is -2.21. The average Bonchev–Trinajstić information content (AvgIpc) is 2.98. The summed E-state index contributed by atoms with van der Waals surface area (Å²) in [6, 6.07) is 6.57. The second-order valence-corrected chi connectivity index (χ2v) is 4.82. The van der Waals surface area contributed by atoms with Crippen molar-refractivity contribution >= 4 is 28.9 Å². The predicted octanol–water partition coefficient (Wildman–Crippen LogP) is 2.50. The lowest BCUT2D eigenvalue weighted by molar-refractivity contribution is -0.116. The molecule has 0 aliphatic heterocycles. The molecule has 0 saturated heterocycles. The quantitative estimate of drug-likeness (QED) is 0.859. The number of carbonyl (C=O) groups excluding carboxylic acids is 2. The Kier molecular flexibility index (Phi) is 4.84. The molecule has 0 saturated carbocycles. The molecule has 0 atom stereocenters. The molecule has 1 heterocycles. The highest BCUT2D eigenvalue weighted by Crippen LogP contribution is 2.11. The molecule has 1 amide bonds. The van der Waals surface area contributed by atoms with E-state index in [-0.39, 0.29) is 5.91 Å². The zero-order chi connectivity index (χ0) is 14.4. The van der Waals surface area contributed by atoms with Gasteiger partial charge in [-0.05, 0) is 30.7 Å². The molecule has 1 N–H and O–H groups in total. The van der Waals surface area contributed by atoms with E-state index in [2.05, 4.69) is 15.0 Å². The lowest BCUT2D eigenvalue weighted by atomic mass is 10.2. The van der Waals surface area contributed by atoms with E-state index in [1.165, 1.54) is 18.4 Å². The molecule has 5 nitrogen and oxygen atoms in total. The maximum atomic E-state index is 11.8. The molecule has 0 fully saturated rings. The summed E-state index contributed by atoms with van der Waals surface area (Å²) in [5.41, 5.74) is 3.78. The van der Waals surface area contributed by atoms with Gasteiger partial charge in [-0.3, -0.25) is 4.79 Å². The third-order valence-corrected chi connectivity index (χ3v) is 3.32. The summed E-state index contributed by atoms with van der Waals surface area (Å²) in [5, 5.41) is 4.70. The zero-order valence-corrected chi connectivity index (χ0v) is 11.8. The number of anilines is 1. The van der Waals surface area contributed by atoms with E-state index in [1.54, 1.807) is 29.8 Å². The van der Waals surface area contributed by atoms with Crippen LogP contribution in [0.3, 0.4) is 0 Å². The normalized spacial score (nSPS) is 10.1. The first-order valence-corrected chi connectivity index (χ1v) is 6.98. The number of ether oxygens (including phenoxy) is 1. The molecule has 0 aliphatic rings. The lowest BCUT2D eigenvalue weighted by Crippen LogP contribution is -2.12. The Labute approximate surface area is 120 Å². The highest BCUT2D eigenvalue weighted by Gasteiger charge is 2.07. The van der Waals surface area contributed by atoms with Gasteiger partial charge in [0.25, 0.3) is 0 Å². The van der Waals surface area contributed by atoms with Crippen molar-refractivity contribution in [3.63, 3.8) is 0 Å². The van der Waals surface area contributed by atoms with Crippen molar-refractivity contribution in [3.8, 4) is 0 Å². The van der Waals surface area contributed by atoms with Crippen molar-refractivity contribution in [2.75, 3.05) is 12.4 Å². The Morgan fingerprint density at radius 3 is 2.65 bits per heavy atom. The van der Waals surface area contributed by atoms with Gasteiger partial charge in [0.05, 0.1) is 23.9 Å². The fraction of sp³-hybridized carbons (Fsp3) is 0.214. The van der Waals surface area contributed by atoms with Crippen LogP contribution in [0.1, 0.15) is 22.5 Å². The van der Waals surface area contributed by atoms with E-state index >= 15 is 0 Å². The third-order valence-electron chi connectivity index (χ3n) is 2.68. The smallest absolute Gasteiger partial charge is 0.337 e. The first-order valence-electron chi connectivity index (χ1n) is 6.04. The van der Waals surface area contributed by atoms with Crippen LogP contribution >= 0.6 is 11.3 Å². The monoisotopic (exact) mass is 290 g/mol. The van der Waals surface area contributed by atoms with Crippen LogP contribution in [0.2, 0.25) is 0 Å². The highest BCUT2D eigenvalue weighted by atomic mass is 32.1. The number of methoxy groups -OCH3 is 1. The lowest BCUT2D eigenvalue weighted by Gasteiger charge is -2.05. The third kappa shape index (κ3) is 3.89. The topological polar surface area (TPSA) is 68.3 Å². The summed E-state index contributed by atoms with van der Waals surface area (Å²) in [6.07, 6.45) is 0.998. The number of amides is 1. The van der Waals surface area contributed by atoms with E-state index in [9.17, 15) is 9.59 Å². The first-order chi connectivity index (χ1) is 9.69. The number of thiazole rings is 1. The number of esters is 1. The van der Waals surface area contributed by atoms with Crippen molar-refractivity contribution in [2.24, 2.45) is 0 Å². The van der Waals surface area contributed by atoms with E-state index in [0.717, 1.165) is 5.69 Å². The number of hydrogen-bond acceptors (Lipinski definition) is 5. The van der Waals surface area contributed by atoms with Gasteiger partial charge in [-0.15, -0.1) is 11.3 Å². The van der Waals surface area contributed by atoms with E-state index < -0.39 is 5.97 Å². The van der Waals surface area contributed by atoms with E-state index in [4.69, 9.17) is 0 Å². The SMILES string of the molecule is COC(=O)c1ccc(NC(=O)CCc2cscn2)cc1. The molecule has 104 valence electrons. The summed E-state index contributed by atoms with van der Waals surface area (Å²) >= 11 is 1.52. The number of benzene rings is 1. The molecule has 0 unspecified atom stereocenters. The Bertz CT molecular complexity index is 579. The maximum Gasteiger partial charge on any atom is 0.337 e. The van der Waals surface area contributed by atoms with Gasteiger partial charge in [0.2, 0.25) is 5.91 Å². The van der Waals surface area contributed by atoms with Crippen molar-refractivity contribution in [2.45, 2.75) is 12.8 Å². The first kappa shape index (κ1) is 14.2. The molecule has 2 rings (SSSR count). The van der Waals surface area contributed by atoms with Gasteiger partial charge in [-0.2, -0.15) is 0 Å². The maximum absolute atomic E-state index is 11.8. The number of nitrogens with zero attached hydrogens (tertiary/aromatic N) is 1. The van der Waals surface area contributed by atoms with E-state index in [0.29, 0.717) is 24.1 Å². The minimum Gasteiger partial charge on any atom is -0.465 e. The van der Waals surface area contributed by atoms with Gasteiger partial charge in [0, 0.05) is 17.5 Å². The standard InChI is InChI=1S/C14H14N2O3S/c1-19-14(18)10-2-4-11(5-3-10)16-13(17)7-6-12-8-20-9-15-12/h2-5,8-9H,6-7H2,1H3,(H,16,17). The molecular weight excluding hydrogens is 276 g/mol. The molecule has 0 radical (unpaired) electrons. The Balaban J connectivity index is 1.86. The second kappa shape index (κ2) is 6.81. The molecule has 0 spiro atoms. The summed E-state index contributed by atoms with van der Waals surface area (Å²) in [6.45, 7) is 0. The largest absolute Gasteiger partial charge is 0.465 e. The minimum atomic E-state index is -0.397. The Morgan fingerprint density at radius 1 is 1.30 bits per heavy atom. The molecule has 20 heavy (non-hydrogen) atoms. The van der Waals surface area contributed by atoms with Crippen LogP contribution in [0.4, 0.5) is 5.69 Å². The van der Waals surface area contributed by atoms with Gasteiger partial charge >= 0.3 is 5.97 Å². The van der Waals surface area contributed by atoms with Crippen LogP contribution in [-0.4, -0.2) is 24.0 Å². The van der Waals surface area contributed by atoms with Gasteiger partial charge in [-0.1, -0.05) is 0 Å². The Morgan fingerprint density at radius 2 is 2.05 bits per heavy atom. The number of carbonyl (C=O) groups is 2. The predicted molar refractivity (Wildman–Crippen MR) is 76.8 cm³/mol. The van der Waals surface area contributed by atoms with Gasteiger partial charge < -0.3 is 10.1 Å². The summed E-state index contributed by atoms with van der Waals surface area (Å²) in [4.78, 5) is 27.1. The fourth-order valence-electron chi connectivity index (χ4n) is 1.63. The number of aromatic nitrogens is 1. The molecule has 0 aliphatic carbocycles. The van der Waals surface area contributed by atoms with Crippen LogP contribution in [-0.2, 0) is 16.0 Å². The summed E-state index contributed by atoms with van der Waals surface area (Å²) in [7, 11) is 1.33. The van der Waals surface area contributed by atoms with Gasteiger partial charge in [0.1, 0.15) is 0 Å². The van der Waals surface area contributed by atoms with Gasteiger partial charge in [0.15, 0.2) is 0 Å². The number of nitrogens with one attached hydrogen (secondary N) is 1. The molecule has 6 heteroatoms. The van der Waals surface area contributed by atoms with E-state index in [1.807, 2.05) is 5.38 Å². The van der Waals surface area contributed by atoms with Gasteiger partial charge in [-0.25, -0.2) is 9.78 Å². The summed E-state index contributed by atoms with van der Waals surface area (Å²) in [5.74, 6) is -0.477. The molecular formula is C14H14N2O3S. The molecule has 1 aromatic heterocycles. The summed E-state index contributed by atoms with van der Waals surface area (Å²) < 4.78 is 4.60. The average molecular weight is 290 g/mol. The van der Waals surface area contributed by atoms with Crippen molar-refractivity contribution in [3.05, 3.63) is 46.4 Å². The zero-order valence-electron chi connectivity index (χ0n) is 11.0. The molecule has 1 aromatic carbocycles. The van der Waals surface area contributed by atoms with Crippen LogP contribution in [0, 0.1) is 0 Å². The highest BCUT2D eigenvalue weighted by molar-refractivity contribution is 7.07. The second-order valence-electron chi connectivity index (χ2n) is 4.10. The van der Waals surface area contributed by atoms with Crippen LogP contribution in [0.5, 0.6) is 0 Å². The molecule has 2 aromatic rings. The minimum absolute atomic E-state index is 0.0798. The molecule has 0 bridgehead atoms. The number of rotatable bonds is 5. The van der Waals surface area contributed by atoms with Crippen molar-refractivity contribution in [1.29, 1.82) is 0 Å². The van der Waals surface area contributed by atoms with Crippen LogP contribution < -0.4 is 5.32 Å². The van der Waals surface area contributed by atoms with Crippen LogP contribution in [0.15, 0.2) is 35.2 Å². The van der Waals surface area contributed by atoms with Crippen molar-refractivity contribution < 1.29 is 14.3 Å². The van der Waals surface area contributed by atoms with Crippen LogP contribution in [0.25, 0.3) is 0 Å². The van der Waals surface area contributed by atoms with Crippen molar-refractivity contribution in [1.82, 2.24) is 4.98 Å². The number of hydrogen-bond donors (Lipinski definition) is 1.